The van der Waals surface area contributed by atoms with Crippen molar-refractivity contribution in [1.82, 2.24) is 0 Å². The summed E-state index contributed by atoms with van der Waals surface area (Å²) in [5, 5.41) is -6.82. The van der Waals surface area contributed by atoms with Gasteiger partial charge in [-0.05, 0) is 29.8 Å². The third-order valence-electron chi connectivity index (χ3n) is 3.37. The number of benzene rings is 1. The number of nitrogens with one attached hydrogen (secondary N) is 1. The fourth-order valence-corrected chi connectivity index (χ4v) is 2.00. The highest BCUT2D eigenvalue weighted by Crippen LogP contribution is 2.58. The van der Waals surface area contributed by atoms with Crippen LogP contribution in [-0.4, -0.2) is 35.0 Å². The van der Waals surface area contributed by atoms with E-state index >= 15 is 0 Å². The third-order valence-corrected chi connectivity index (χ3v) is 3.93. The quantitative estimate of drug-likeness (QED) is 0.338. The third kappa shape index (κ3) is 4.22. The first-order chi connectivity index (χ1) is 13.0. The summed E-state index contributed by atoms with van der Waals surface area (Å²) in [4.78, 5) is 11.3. The molecule has 1 aromatic carbocycles. The van der Waals surface area contributed by atoms with Crippen LogP contribution in [0.1, 0.15) is 5.56 Å². The number of rotatable bonds is 6. The van der Waals surface area contributed by atoms with Crippen molar-refractivity contribution >= 4 is 34.8 Å². The zero-order valence-corrected chi connectivity index (χ0v) is 14.8. The Hall–Kier alpha value is -1.64. The van der Waals surface area contributed by atoms with Crippen LogP contribution in [0.4, 0.5) is 62.8 Å². The summed E-state index contributed by atoms with van der Waals surface area (Å²) in [5.74, 6) is -32.8. The van der Waals surface area contributed by atoms with E-state index in [0.717, 1.165) is 0 Å². The number of alkyl halides is 14. The summed E-state index contributed by atoms with van der Waals surface area (Å²) in [6.07, 6.45) is -5.17. The van der Waals surface area contributed by atoms with Gasteiger partial charge in [-0.2, -0.15) is 57.1 Å². The van der Waals surface area contributed by atoms with Gasteiger partial charge in [0.25, 0.3) is 0 Å². The van der Waals surface area contributed by atoms with Crippen LogP contribution >= 0.6 is 23.2 Å². The lowest BCUT2D eigenvalue weighted by atomic mass is 9.98. The lowest BCUT2D eigenvalue weighted by molar-refractivity contribution is -0.381. The predicted octanol–water partition coefficient (Wildman–Crippen LogP) is 6.67. The first kappa shape index (κ1) is 26.4. The van der Waals surface area contributed by atoms with Gasteiger partial charge in [-0.1, -0.05) is 11.6 Å². The Labute approximate surface area is 166 Å². The topological polar surface area (TPSA) is 29.1 Å². The smallest absolute Gasteiger partial charge is 0.319 e. The Kier molecular flexibility index (Phi) is 6.60. The number of carbonyl (C=O) groups excluding carboxylic acids is 1. The monoisotopic (exact) mass is 507 g/mol. The summed E-state index contributed by atoms with van der Waals surface area (Å²) in [6, 6.07) is 0.420. The Bertz CT molecular complexity index is 816. The molecular formula is C13H4Cl2F13NO. The Morgan fingerprint density at radius 2 is 1.23 bits per heavy atom. The Morgan fingerprint density at radius 1 is 0.767 bits per heavy atom. The number of hydrogen-bond donors (Lipinski definition) is 1. The van der Waals surface area contributed by atoms with Gasteiger partial charge in [0.15, 0.2) is 0 Å². The van der Waals surface area contributed by atoms with Crippen molar-refractivity contribution in [1.29, 1.82) is 0 Å². The van der Waals surface area contributed by atoms with Gasteiger partial charge in [-0.25, -0.2) is 0 Å². The van der Waals surface area contributed by atoms with E-state index in [4.69, 9.17) is 11.6 Å². The van der Waals surface area contributed by atoms with Crippen molar-refractivity contribution in [2.45, 2.75) is 35.2 Å². The van der Waals surface area contributed by atoms with E-state index in [0.29, 0.717) is 11.4 Å². The number of halogens is 15. The fourth-order valence-electron chi connectivity index (χ4n) is 1.71. The second-order valence-electron chi connectivity index (χ2n) is 5.44. The van der Waals surface area contributed by atoms with Crippen LogP contribution in [0.15, 0.2) is 18.2 Å². The van der Waals surface area contributed by atoms with Crippen molar-refractivity contribution in [3.8, 4) is 0 Å². The van der Waals surface area contributed by atoms with Crippen molar-refractivity contribution in [2.75, 3.05) is 5.32 Å². The molecule has 1 amide bonds. The normalized spacial score (nSPS) is 14.6. The number of carbonyl (C=O) groups is 1. The van der Waals surface area contributed by atoms with Crippen LogP contribution in [0.5, 0.6) is 0 Å². The molecule has 0 aromatic heterocycles. The molecule has 2 nitrogen and oxygen atoms in total. The lowest BCUT2D eigenvalue weighted by Crippen LogP contribution is -2.68. The molecular weight excluding hydrogens is 504 g/mol. The zero-order chi connectivity index (χ0) is 24.1. The standard InChI is InChI=1S/C13H4Cl2F13NO/c14-5-2-1-4(9(18,19)20)3-6(5)29-7(30)8(16,17)10(21,22)11(23,24)12(25,26)13(15,27)28/h1-3H,(H,29,30). The van der Waals surface area contributed by atoms with Crippen LogP contribution in [0, 0.1) is 0 Å². The highest BCUT2D eigenvalue weighted by molar-refractivity contribution is 6.33. The maximum absolute atomic E-state index is 13.6. The minimum Gasteiger partial charge on any atom is -0.319 e. The molecule has 0 atom stereocenters. The predicted molar refractivity (Wildman–Crippen MR) is 75.7 cm³/mol. The molecule has 0 heterocycles. The minimum absolute atomic E-state index is 0.173. The SMILES string of the molecule is O=C(Nc1cc(C(F)(F)F)ccc1Cl)C(F)(F)C(F)(F)C(F)(F)C(F)(F)C(F)(F)Cl. The molecule has 172 valence electrons. The summed E-state index contributed by atoms with van der Waals surface area (Å²) in [5.41, 5.74) is -3.12. The second kappa shape index (κ2) is 7.50. The zero-order valence-electron chi connectivity index (χ0n) is 13.3. The van der Waals surface area contributed by atoms with Crippen molar-refractivity contribution in [2.24, 2.45) is 0 Å². The molecule has 0 saturated carbocycles. The van der Waals surface area contributed by atoms with E-state index in [1.54, 1.807) is 0 Å². The van der Waals surface area contributed by atoms with Gasteiger partial charge in [0.2, 0.25) is 0 Å². The number of hydrogen-bond acceptors (Lipinski definition) is 1. The highest BCUT2D eigenvalue weighted by Gasteiger charge is 2.87. The molecule has 0 aliphatic carbocycles. The van der Waals surface area contributed by atoms with Crippen molar-refractivity contribution in [3.63, 3.8) is 0 Å². The first-order valence-corrected chi connectivity index (χ1v) is 7.53. The maximum Gasteiger partial charge on any atom is 0.416 e. The van der Waals surface area contributed by atoms with E-state index < -0.39 is 57.4 Å². The van der Waals surface area contributed by atoms with Gasteiger partial charge in [-0.15, -0.1) is 0 Å². The van der Waals surface area contributed by atoms with Gasteiger partial charge in [0.1, 0.15) is 0 Å². The van der Waals surface area contributed by atoms with Gasteiger partial charge >= 0.3 is 41.2 Å². The summed E-state index contributed by atoms with van der Waals surface area (Å²) in [7, 11) is 0. The molecule has 1 N–H and O–H groups in total. The average molecular weight is 508 g/mol. The van der Waals surface area contributed by atoms with Crippen LogP contribution in [0.2, 0.25) is 5.02 Å². The molecule has 0 fully saturated rings. The van der Waals surface area contributed by atoms with E-state index in [2.05, 4.69) is 11.6 Å². The first-order valence-electron chi connectivity index (χ1n) is 6.78. The summed E-state index contributed by atoms with van der Waals surface area (Å²) in [6.45, 7) is 0. The van der Waals surface area contributed by atoms with Gasteiger partial charge in [-0.3, -0.25) is 4.79 Å². The summed E-state index contributed by atoms with van der Waals surface area (Å²) >= 11 is 8.87. The molecule has 0 bridgehead atoms. The molecule has 0 saturated heterocycles. The van der Waals surface area contributed by atoms with Gasteiger partial charge in [0, 0.05) is 0 Å². The van der Waals surface area contributed by atoms with Crippen LogP contribution in [0.3, 0.4) is 0 Å². The molecule has 17 heteroatoms. The minimum atomic E-state index is -7.61. The summed E-state index contributed by atoms with van der Waals surface area (Å²) < 4.78 is 169. The number of amides is 1. The van der Waals surface area contributed by atoms with Gasteiger partial charge < -0.3 is 5.32 Å². The lowest BCUT2D eigenvalue weighted by Gasteiger charge is -2.37. The molecule has 0 spiro atoms. The largest absolute Gasteiger partial charge is 0.416 e. The molecule has 0 aliphatic rings. The van der Waals surface area contributed by atoms with Crippen LogP contribution < -0.4 is 5.32 Å². The second-order valence-corrected chi connectivity index (χ2v) is 6.32. The van der Waals surface area contributed by atoms with E-state index in [1.165, 1.54) is 0 Å². The molecule has 0 aliphatic heterocycles. The Balaban J connectivity index is 3.39. The maximum atomic E-state index is 13.6. The van der Waals surface area contributed by atoms with Crippen LogP contribution in [-0.2, 0) is 11.0 Å². The average Bonchev–Trinajstić information content (AvgIpc) is 2.53. The van der Waals surface area contributed by atoms with Gasteiger partial charge in [0.05, 0.1) is 16.3 Å². The number of anilines is 1. The molecule has 1 rings (SSSR count). The van der Waals surface area contributed by atoms with E-state index in [-0.39, 0.29) is 12.1 Å². The Morgan fingerprint density at radius 3 is 1.63 bits per heavy atom. The van der Waals surface area contributed by atoms with Crippen molar-refractivity contribution < 1.29 is 61.9 Å². The van der Waals surface area contributed by atoms with E-state index in [9.17, 15) is 61.9 Å². The van der Waals surface area contributed by atoms with Crippen LogP contribution in [0.25, 0.3) is 0 Å². The van der Waals surface area contributed by atoms with Crippen molar-refractivity contribution in [3.05, 3.63) is 28.8 Å². The highest BCUT2D eigenvalue weighted by atomic mass is 35.5. The molecule has 1 aromatic rings. The van der Waals surface area contributed by atoms with E-state index in [1.807, 2.05) is 0 Å². The molecule has 30 heavy (non-hydrogen) atoms. The fraction of sp³-hybridized carbons (Fsp3) is 0.462. The molecule has 0 unspecified atom stereocenters. The molecule has 0 radical (unpaired) electrons.